The lowest BCUT2D eigenvalue weighted by Gasteiger charge is -2.34. The van der Waals surface area contributed by atoms with Gasteiger partial charge in [0.15, 0.2) is 6.61 Å². The maximum absolute atomic E-state index is 12.2. The standard InChI is InChI=1S/C19H24N2O3/c1-12-6-5-9-16(13(12)2)21-18(22)11-24-19(23)15-10-20-17-8-4-3-7-14(15)17/h3-4,7-8,10,12-13,16,20H,5-6,9,11H2,1-2H3,(H,21,22)/t12-,13-,16+/m1/s1. The van der Waals surface area contributed by atoms with Gasteiger partial charge in [-0.3, -0.25) is 4.79 Å². The molecule has 1 aromatic heterocycles. The highest BCUT2D eigenvalue weighted by molar-refractivity contribution is 6.04. The monoisotopic (exact) mass is 328 g/mol. The minimum atomic E-state index is -0.479. The van der Waals surface area contributed by atoms with Crippen molar-refractivity contribution in [2.24, 2.45) is 11.8 Å². The molecule has 3 atom stereocenters. The minimum absolute atomic E-state index is 0.174. The summed E-state index contributed by atoms with van der Waals surface area (Å²) >= 11 is 0. The minimum Gasteiger partial charge on any atom is -0.452 e. The Morgan fingerprint density at radius 1 is 1.25 bits per heavy atom. The van der Waals surface area contributed by atoms with Gasteiger partial charge in [-0.05, 0) is 24.3 Å². The third-order valence-corrected chi connectivity index (χ3v) is 5.20. The third kappa shape index (κ3) is 3.45. The fraction of sp³-hybridized carbons (Fsp3) is 0.474. The zero-order chi connectivity index (χ0) is 17.1. The van der Waals surface area contributed by atoms with Crippen LogP contribution < -0.4 is 5.32 Å². The first kappa shape index (κ1) is 16.6. The first-order valence-electron chi connectivity index (χ1n) is 8.59. The van der Waals surface area contributed by atoms with Crippen LogP contribution in [0.15, 0.2) is 30.5 Å². The molecule has 128 valence electrons. The zero-order valence-corrected chi connectivity index (χ0v) is 14.2. The Bertz CT molecular complexity index is 737. The summed E-state index contributed by atoms with van der Waals surface area (Å²) in [5.41, 5.74) is 1.33. The van der Waals surface area contributed by atoms with E-state index in [1.807, 2.05) is 24.3 Å². The van der Waals surface area contributed by atoms with Crippen LogP contribution in [0.2, 0.25) is 0 Å². The van der Waals surface area contributed by atoms with Crippen LogP contribution in [0.25, 0.3) is 10.9 Å². The van der Waals surface area contributed by atoms with Gasteiger partial charge in [-0.2, -0.15) is 0 Å². The lowest BCUT2D eigenvalue weighted by molar-refractivity contribution is -0.125. The highest BCUT2D eigenvalue weighted by atomic mass is 16.5. The molecule has 0 radical (unpaired) electrons. The first-order valence-corrected chi connectivity index (χ1v) is 8.59. The van der Waals surface area contributed by atoms with E-state index in [1.165, 1.54) is 6.42 Å². The second-order valence-corrected chi connectivity index (χ2v) is 6.77. The van der Waals surface area contributed by atoms with Crippen molar-refractivity contribution in [1.29, 1.82) is 0 Å². The number of aromatic nitrogens is 1. The summed E-state index contributed by atoms with van der Waals surface area (Å²) in [4.78, 5) is 27.3. The van der Waals surface area contributed by atoms with Crippen LogP contribution in [0.1, 0.15) is 43.5 Å². The van der Waals surface area contributed by atoms with E-state index in [4.69, 9.17) is 4.74 Å². The Morgan fingerprint density at radius 3 is 2.88 bits per heavy atom. The predicted octanol–water partition coefficient (Wildman–Crippen LogP) is 3.27. The normalized spacial score (nSPS) is 23.8. The van der Waals surface area contributed by atoms with Crippen molar-refractivity contribution in [3.8, 4) is 0 Å². The van der Waals surface area contributed by atoms with Crippen LogP contribution in [0.4, 0.5) is 0 Å². The summed E-state index contributed by atoms with van der Waals surface area (Å²) in [6, 6.07) is 7.69. The number of carbonyl (C=O) groups excluding carboxylic acids is 2. The number of hydrogen-bond acceptors (Lipinski definition) is 3. The number of amides is 1. The Balaban J connectivity index is 1.55. The molecule has 0 spiro atoms. The second kappa shape index (κ2) is 7.07. The molecule has 1 amide bonds. The van der Waals surface area contributed by atoms with Crippen molar-refractivity contribution in [3.05, 3.63) is 36.0 Å². The first-order chi connectivity index (χ1) is 11.6. The molecule has 0 saturated heterocycles. The summed E-state index contributed by atoms with van der Waals surface area (Å²) in [6.45, 7) is 4.16. The van der Waals surface area contributed by atoms with Crippen LogP contribution in [-0.4, -0.2) is 29.5 Å². The summed E-state index contributed by atoms with van der Waals surface area (Å²) < 4.78 is 5.19. The summed E-state index contributed by atoms with van der Waals surface area (Å²) in [6.07, 6.45) is 4.96. The van der Waals surface area contributed by atoms with E-state index < -0.39 is 5.97 Å². The van der Waals surface area contributed by atoms with Gasteiger partial charge in [0.2, 0.25) is 0 Å². The molecule has 1 heterocycles. The van der Waals surface area contributed by atoms with E-state index in [1.54, 1.807) is 6.20 Å². The number of benzene rings is 1. The molecule has 1 aromatic carbocycles. The number of hydrogen-bond donors (Lipinski definition) is 2. The summed E-state index contributed by atoms with van der Waals surface area (Å²) in [5.74, 6) is 0.353. The fourth-order valence-electron chi connectivity index (χ4n) is 3.48. The largest absolute Gasteiger partial charge is 0.452 e. The van der Waals surface area contributed by atoms with Gasteiger partial charge in [0.1, 0.15) is 0 Å². The van der Waals surface area contributed by atoms with Crippen LogP contribution in [0, 0.1) is 11.8 Å². The number of rotatable bonds is 4. The molecular weight excluding hydrogens is 304 g/mol. The van der Waals surface area contributed by atoms with Crippen LogP contribution in [0.5, 0.6) is 0 Å². The van der Waals surface area contributed by atoms with Crippen molar-refractivity contribution >= 4 is 22.8 Å². The number of para-hydroxylation sites is 1. The van der Waals surface area contributed by atoms with E-state index in [0.717, 1.165) is 23.7 Å². The Labute approximate surface area is 141 Å². The molecule has 0 unspecified atom stereocenters. The van der Waals surface area contributed by atoms with Crippen molar-refractivity contribution in [2.45, 2.75) is 39.2 Å². The molecular formula is C19H24N2O3. The van der Waals surface area contributed by atoms with Gasteiger partial charge >= 0.3 is 5.97 Å². The number of nitrogens with one attached hydrogen (secondary N) is 2. The van der Waals surface area contributed by atoms with Crippen LogP contribution in [0.3, 0.4) is 0 Å². The molecule has 1 aliphatic rings. The van der Waals surface area contributed by atoms with Crippen molar-refractivity contribution < 1.29 is 14.3 Å². The Morgan fingerprint density at radius 2 is 2.04 bits per heavy atom. The maximum Gasteiger partial charge on any atom is 0.340 e. The number of H-pyrrole nitrogens is 1. The zero-order valence-electron chi connectivity index (χ0n) is 14.2. The molecule has 1 aliphatic carbocycles. The summed E-state index contributed by atoms with van der Waals surface area (Å²) in [7, 11) is 0. The average Bonchev–Trinajstić information content (AvgIpc) is 3.01. The van der Waals surface area contributed by atoms with Gasteiger partial charge in [0.05, 0.1) is 5.56 Å². The molecule has 2 aromatic rings. The van der Waals surface area contributed by atoms with E-state index in [-0.39, 0.29) is 18.6 Å². The van der Waals surface area contributed by atoms with Gasteiger partial charge in [-0.1, -0.05) is 44.9 Å². The van der Waals surface area contributed by atoms with Gasteiger partial charge in [-0.25, -0.2) is 4.79 Å². The topological polar surface area (TPSA) is 71.2 Å². The van der Waals surface area contributed by atoms with Crippen molar-refractivity contribution in [1.82, 2.24) is 10.3 Å². The number of ether oxygens (including phenoxy) is 1. The number of esters is 1. The molecule has 3 rings (SSSR count). The highest BCUT2D eigenvalue weighted by Gasteiger charge is 2.28. The molecule has 24 heavy (non-hydrogen) atoms. The molecule has 5 heteroatoms. The molecule has 5 nitrogen and oxygen atoms in total. The highest BCUT2D eigenvalue weighted by Crippen LogP contribution is 2.29. The van der Waals surface area contributed by atoms with Gasteiger partial charge in [-0.15, -0.1) is 0 Å². The average molecular weight is 328 g/mol. The SMILES string of the molecule is C[C@@H]1[C@H](C)CCC[C@@H]1NC(=O)COC(=O)c1c[nH]c2ccccc12. The summed E-state index contributed by atoms with van der Waals surface area (Å²) in [5, 5.41) is 3.82. The smallest absolute Gasteiger partial charge is 0.340 e. The Kier molecular flexibility index (Phi) is 4.88. The van der Waals surface area contributed by atoms with Crippen molar-refractivity contribution in [3.63, 3.8) is 0 Å². The molecule has 2 N–H and O–H groups in total. The molecule has 1 fully saturated rings. The third-order valence-electron chi connectivity index (χ3n) is 5.20. The van der Waals surface area contributed by atoms with Crippen LogP contribution >= 0.6 is 0 Å². The lowest BCUT2D eigenvalue weighted by Crippen LogP contribution is -2.45. The number of carbonyl (C=O) groups is 2. The van der Waals surface area contributed by atoms with E-state index in [9.17, 15) is 9.59 Å². The van der Waals surface area contributed by atoms with Gasteiger partial charge in [0, 0.05) is 23.1 Å². The lowest BCUT2D eigenvalue weighted by atomic mass is 9.78. The quantitative estimate of drug-likeness (QED) is 0.846. The number of aromatic amines is 1. The van der Waals surface area contributed by atoms with Crippen LogP contribution in [-0.2, 0) is 9.53 Å². The molecule has 1 saturated carbocycles. The van der Waals surface area contributed by atoms with E-state index in [0.29, 0.717) is 17.4 Å². The second-order valence-electron chi connectivity index (χ2n) is 6.77. The number of fused-ring (bicyclic) bond motifs is 1. The van der Waals surface area contributed by atoms with Gasteiger partial charge < -0.3 is 15.0 Å². The Hall–Kier alpha value is -2.30. The predicted molar refractivity (Wildman–Crippen MR) is 92.7 cm³/mol. The molecule has 0 bridgehead atoms. The van der Waals surface area contributed by atoms with Gasteiger partial charge in [0.25, 0.3) is 5.91 Å². The maximum atomic E-state index is 12.2. The molecule has 0 aliphatic heterocycles. The van der Waals surface area contributed by atoms with E-state index >= 15 is 0 Å². The van der Waals surface area contributed by atoms with E-state index in [2.05, 4.69) is 24.1 Å². The van der Waals surface area contributed by atoms with Crippen molar-refractivity contribution in [2.75, 3.05) is 6.61 Å². The fourth-order valence-corrected chi connectivity index (χ4v) is 3.48.